The summed E-state index contributed by atoms with van der Waals surface area (Å²) >= 11 is 0. The van der Waals surface area contributed by atoms with Gasteiger partial charge < -0.3 is 9.47 Å². The van der Waals surface area contributed by atoms with E-state index in [1.807, 2.05) is 54.6 Å². The summed E-state index contributed by atoms with van der Waals surface area (Å²) in [5, 5.41) is 0. The molecule has 210 valence electrons. The van der Waals surface area contributed by atoms with Crippen molar-refractivity contribution in [2.75, 3.05) is 6.61 Å². The Hall–Kier alpha value is -3.40. The molecule has 2 aliphatic carbocycles. The largest absolute Gasteiger partial charge is 0.458 e. The predicted molar refractivity (Wildman–Crippen MR) is 159 cm³/mol. The zero-order valence-electron chi connectivity index (χ0n) is 23.9. The zero-order valence-corrected chi connectivity index (χ0v) is 23.9. The van der Waals surface area contributed by atoms with Crippen molar-refractivity contribution in [3.05, 3.63) is 107 Å². The molecule has 4 heteroatoms. The van der Waals surface area contributed by atoms with E-state index < -0.39 is 18.0 Å². The molecule has 0 saturated heterocycles. The van der Waals surface area contributed by atoms with Gasteiger partial charge in [-0.3, -0.25) is 0 Å². The van der Waals surface area contributed by atoms with Gasteiger partial charge in [0.25, 0.3) is 0 Å². The number of esters is 2. The van der Waals surface area contributed by atoms with E-state index in [9.17, 15) is 9.59 Å². The lowest BCUT2D eigenvalue weighted by Gasteiger charge is -2.26. The third-order valence-corrected chi connectivity index (χ3v) is 9.05. The van der Waals surface area contributed by atoms with Gasteiger partial charge in [0.1, 0.15) is 6.61 Å². The minimum Gasteiger partial charge on any atom is -0.458 e. The molecule has 2 aliphatic rings. The van der Waals surface area contributed by atoms with Gasteiger partial charge in [0.15, 0.2) is 6.10 Å². The first kappa shape index (κ1) is 28.1. The van der Waals surface area contributed by atoms with E-state index in [1.165, 1.54) is 62.5 Å². The molecule has 0 amide bonds. The van der Waals surface area contributed by atoms with Gasteiger partial charge in [0.2, 0.25) is 0 Å². The third-order valence-electron chi connectivity index (χ3n) is 9.05. The molecule has 0 spiro atoms. The maximum absolute atomic E-state index is 13.1. The van der Waals surface area contributed by atoms with Crippen LogP contribution in [0.5, 0.6) is 0 Å². The SMILES string of the molecule is CC1CCC(c2ccc(C(=O)OCC(OC(=O)c3ccc(C4CCC(C)CC4)cc3)c3ccccc3)cc2)CC1. The van der Waals surface area contributed by atoms with E-state index in [1.54, 1.807) is 0 Å². The minimum absolute atomic E-state index is 0.0464. The van der Waals surface area contributed by atoms with E-state index in [4.69, 9.17) is 9.47 Å². The highest BCUT2D eigenvalue weighted by Gasteiger charge is 2.24. The molecule has 3 aromatic rings. The van der Waals surface area contributed by atoms with E-state index in [2.05, 4.69) is 38.1 Å². The Morgan fingerprint density at radius 2 is 1.07 bits per heavy atom. The van der Waals surface area contributed by atoms with Crippen LogP contribution in [0.15, 0.2) is 78.9 Å². The van der Waals surface area contributed by atoms with Crippen molar-refractivity contribution < 1.29 is 19.1 Å². The Morgan fingerprint density at radius 3 is 1.55 bits per heavy atom. The lowest BCUT2D eigenvalue weighted by atomic mass is 9.79. The summed E-state index contributed by atoms with van der Waals surface area (Å²) in [5.41, 5.74) is 4.40. The van der Waals surface area contributed by atoms with Gasteiger partial charge in [0.05, 0.1) is 11.1 Å². The molecule has 2 fully saturated rings. The molecule has 2 saturated carbocycles. The average molecular weight is 539 g/mol. The summed E-state index contributed by atoms with van der Waals surface area (Å²) in [4.78, 5) is 26.0. The fourth-order valence-electron chi connectivity index (χ4n) is 6.27. The molecule has 0 heterocycles. The molecule has 4 nitrogen and oxygen atoms in total. The molecule has 1 atom stereocenters. The van der Waals surface area contributed by atoms with Crippen LogP contribution in [0.25, 0.3) is 0 Å². The maximum Gasteiger partial charge on any atom is 0.338 e. The van der Waals surface area contributed by atoms with Crippen molar-refractivity contribution in [3.63, 3.8) is 0 Å². The lowest BCUT2D eigenvalue weighted by Crippen LogP contribution is -2.19. The highest BCUT2D eigenvalue weighted by molar-refractivity contribution is 5.90. The monoisotopic (exact) mass is 538 g/mol. The first-order chi connectivity index (χ1) is 19.5. The Labute approximate surface area is 239 Å². The fourth-order valence-corrected chi connectivity index (χ4v) is 6.27. The highest BCUT2D eigenvalue weighted by Crippen LogP contribution is 2.36. The van der Waals surface area contributed by atoms with Crippen LogP contribution in [-0.2, 0) is 9.47 Å². The second-order valence-electron chi connectivity index (χ2n) is 12.1. The first-order valence-electron chi connectivity index (χ1n) is 15.1. The number of ether oxygens (including phenoxy) is 2. The van der Waals surface area contributed by atoms with E-state index in [-0.39, 0.29) is 6.61 Å². The van der Waals surface area contributed by atoms with Crippen molar-refractivity contribution in [1.82, 2.24) is 0 Å². The van der Waals surface area contributed by atoms with Gasteiger partial charge in [-0.25, -0.2) is 9.59 Å². The topological polar surface area (TPSA) is 52.6 Å². The van der Waals surface area contributed by atoms with Crippen LogP contribution in [0, 0.1) is 11.8 Å². The molecule has 0 aromatic heterocycles. The van der Waals surface area contributed by atoms with Crippen molar-refractivity contribution in [2.45, 2.75) is 83.2 Å². The summed E-state index contributed by atoms with van der Waals surface area (Å²) in [6.07, 6.45) is 9.17. The van der Waals surface area contributed by atoms with Crippen molar-refractivity contribution in [2.24, 2.45) is 11.8 Å². The number of hydrogen-bond donors (Lipinski definition) is 0. The van der Waals surface area contributed by atoms with E-state index in [0.29, 0.717) is 23.0 Å². The molecular formula is C36H42O4. The summed E-state index contributed by atoms with van der Waals surface area (Å²) in [6.45, 7) is 4.60. The smallest absolute Gasteiger partial charge is 0.338 e. The lowest BCUT2D eigenvalue weighted by molar-refractivity contribution is -0.00134. The van der Waals surface area contributed by atoms with Crippen LogP contribution in [0.2, 0.25) is 0 Å². The molecule has 0 bridgehead atoms. The number of hydrogen-bond acceptors (Lipinski definition) is 4. The fraction of sp³-hybridized carbons (Fsp3) is 0.444. The Kier molecular flexibility index (Phi) is 9.36. The molecule has 0 N–H and O–H groups in total. The molecular weight excluding hydrogens is 496 g/mol. The summed E-state index contributed by atoms with van der Waals surface area (Å²) in [6, 6.07) is 25.1. The van der Waals surface area contributed by atoms with Gasteiger partial charge in [-0.1, -0.05) is 94.1 Å². The number of carbonyl (C=O) groups excluding carboxylic acids is 2. The van der Waals surface area contributed by atoms with Crippen LogP contribution in [0.1, 0.15) is 121 Å². The Morgan fingerprint density at radius 1 is 0.625 bits per heavy atom. The highest BCUT2D eigenvalue weighted by atomic mass is 16.6. The quantitative estimate of drug-likeness (QED) is 0.269. The van der Waals surface area contributed by atoms with Gasteiger partial charge in [-0.05, 0) is 90.3 Å². The van der Waals surface area contributed by atoms with Gasteiger partial charge in [-0.15, -0.1) is 0 Å². The first-order valence-corrected chi connectivity index (χ1v) is 15.1. The maximum atomic E-state index is 13.1. The third kappa shape index (κ3) is 7.21. The number of rotatable bonds is 8. The number of carbonyl (C=O) groups is 2. The van der Waals surface area contributed by atoms with E-state index in [0.717, 1.165) is 17.4 Å². The molecule has 3 aromatic carbocycles. The van der Waals surface area contributed by atoms with Crippen LogP contribution < -0.4 is 0 Å². The van der Waals surface area contributed by atoms with Crippen molar-refractivity contribution in [3.8, 4) is 0 Å². The minimum atomic E-state index is -0.694. The van der Waals surface area contributed by atoms with Crippen LogP contribution in [0.3, 0.4) is 0 Å². The van der Waals surface area contributed by atoms with E-state index >= 15 is 0 Å². The Bertz CT molecular complexity index is 1230. The Balaban J connectivity index is 1.20. The molecule has 0 aliphatic heterocycles. The molecule has 1 unspecified atom stereocenters. The van der Waals surface area contributed by atoms with Gasteiger partial charge in [-0.2, -0.15) is 0 Å². The van der Waals surface area contributed by atoms with Gasteiger partial charge in [0, 0.05) is 0 Å². The summed E-state index contributed by atoms with van der Waals surface area (Å²) in [5.74, 6) is 1.93. The molecule has 40 heavy (non-hydrogen) atoms. The number of benzene rings is 3. The van der Waals surface area contributed by atoms with Crippen LogP contribution in [-0.4, -0.2) is 18.5 Å². The zero-order chi connectivity index (χ0) is 27.9. The average Bonchev–Trinajstić information content (AvgIpc) is 3.00. The normalized spacial score (nSPS) is 23.6. The predicted octanol–water partition coefficient (Wildman–Crippen LogP) is 9.03. The van der Waals surface area contributed by atoms with Crippen molar-refractivity contribution >= 4 is 11.9 Å². The van der Waals surface area contributed by atoms with Crippen molar-refractivity contribution in [1.29, 1.82) is 0 Å². The van der Waals surface area contributed by atoms with Gasteiger partial charge >= 0.3 is 11.9 Å². The standard InChI is InChI=1S/C36H42O4/c1-25-8-12-27(13-9-25)29-16-20-32(21-17-29)35(37)39-24-34(31-6-4-3-5-7-31)40-36(38)33-22-18-30(19-23-33)28-14-10-26(2)11-15-28/h3-7,16-23,25-28,34H,8-15,24H2,1-2H3. The second kappa shape index (κ2) is 13.3. The summed E-state index contributed by atoms with van der Waals surface area (Å²) < 4.78 is 11.6. The van der Waals surface area contributed by atoms with Crippen LogP contribution in [0.4, 0.5) is 0 Å². The molecule has 5 rings (SSSR count). The molecule has 0 radical (unpaired) electrons. The summed E-state index contributed by atoms with van der Waals surface area (Å²) in [7, 11) is 0. The van der Waals surface area contributed by atoms with Crippen LogP contribution >= 0.6 is 0 Å². The second-order valence-corrected chi connectivity index (χ2v) is 12.1.